The monoisotopic (exact) mass is 649 g/mol. The maximum Gasteiger partial charge on any atom is 0.348 e. The van der Waals surface area contributed by atoms with Gasteiger partial charge in [0.25, 0.3) is 0 Å². The maximum atomic E-state index is 13.1. The van der Waals surface area contributed by atoms with Gasteiger partial charge in [-0.2, -0.15) is 0 Å². The molecule has 0 unspecified atom stereocenters. The van der Waals surface area contributed by atoms with E-state index in [-0.39, 0.29) is 24.8 Å². The minimum Gasteiger partial charge on any atom is -0.481 e. The molecule has 2 aliphatic heterocycles. The van der Waals surface area contributed by atoms with Crippen LogP contribution in [0.25, 0.3) is 0 Å². The van der Waals surface area contributed by atoms with E-state index in [1.165, 1.54) is 6.08 Å². The first kappa shape index (κ1) is 33.3. The number of rotatable bonds is 11. The first-order chi connectivity index (χ1) is 21.7. The van der Waals surface area contributed by atoms with Gasteiger partial charge in [0.15, 0.2) is 24.4 Å². The third-order valence-corrected chi connectivity index (χ3v) is 9.37. The molecule has 4 aliphatic rings. The fourth-order valence-electron chi connectivity index (χ4n) is 7.19. The predicted molar refractivity (Wildman–Crippen MR) is 149 cm³/mol. The lowest BCUT2D eigenvalue weighted by molar-refractivity contribution is -0.185. The Hall–Kier alpha value is -4.09. The SMILES string of the molecule is C[C@H](OC(=O)[C@H](O)[C@@H](O)C(=O)OC1=CC[C@@]2(O)[C@H]3Cc4ccc(CO)c5c4[C@@]2(CCCN3C)[C@H]1O5)C(=O)O[C@@H](CC(=O)O)C(=O)O. The van der Waals surface area contributed by atoms with Gasteiger partial charge in [0.1, 0.15) is 11.5 Å². The Labute approximate surface area is 261 Å². The summed E-state index contributed by atoms with van der Waals surface area (Å²) in [6, 6.07) is 3.33. The van der Waals surface area contributed by atoms with Crippen LogP contribution in [0.4, 0.5) is 0 Å². The summed E-state index contributed by atoms with van der Waals surface area (Å²) < 4.78 is 21.1. The van der Waals surface area contributed by atoms with E-state index in [0.29, 0.717) is 37.1 Å². The van der Waals surface area contributed by atoms with Crippen LogP contribution in [0.15, 0.2) is 24.0 Å². The number of carboxylic acids is 2. The van der Waals surface area contributed by atoms with Gasteiger partial charge in [0.2, 0.25) is 6.10 Å². The number of benzene rings is 1. The lowest BCUT2D eigenvalue weighted by Crippen LogP contribution is -2.69. The highest BCUT2D eigenvalue weighted by Gasteiger charge is 2.70. The number of likely N-dealkylation sites (tertiary alicyclic amines) is 1. The van der Waals surface area contributed by atoms with E-state index in [4.69, 9.17) is 24.4 Å². The first-order valence-corrected chi connectivity index (χ1v) is 14.6. The second-order valence-electron chi connectivity index (χ2n) is 12.0. The summed E-state index contributed by atoms with van der Waals surface area (Å²) in [4.78, 5) is 61.8. The summed E-state index contributed by atoms with van der Waals surface area (Å²) in [6.07, 6.45) is -7.99. The van der Waals surface area contributed by atoms with Crippen LogP contribution in [0.5, 0.6) is 5.75 Å². The van der Waals surface area contributed by atoms with E-state index >= 15 is 0 Å². The number of carbonyl (C=O) groups excluding carboxylic acids is 3. The van der Waals surface area contributed by atoms with Gasteiger partial charge < -0.3 is 54.5 Å². The van der Waals surface area contributed by atoms with Crippen LogP contribution in [-0.4, -0.2) is 121 Å². The van der Waals surface area contributed by atoms with Gasteiger partial charge in [-0.05, 0) is 51.4 Å². The van der Waals surface area contributed by atoms with Gasteiger partial charge >= 0.3 is 29.8 Å². The van der Waals surface area contributed by atoms with Gasteiger partial charge in [-0.3, -0.25) is 4.79 Å². The molecule has 0 aromatic heterocycles. The molecule has 1 fully saturated rings. The highest BCUT2D eigenvalue weighted by molar-refractivity contribution is 5.88. The van der Waals surface area contributed by atoms with E-state index < -0.39 is 77.8 Å². The van der Waals surface area contributed by atoms with Crippen LogP contribution >= 0.6 is 0 Å². The third-order valence-electron chi connectivity index (χ3n) is 9.37. The van der Waals surface area contributed by atoms with Crippen molar-refractivity contribution in [1.82, 2.24) is 4.90 Å². The normalized spacial score (nSPS) is 28.6. The van der Waals surface area contributed by atoms with Crippen molar-refractivity contribution in [2.45, 2.75) is 93.2 Å². The van der Waals surface area contributed by atoms with Crippen molar-refractivity contribution in [1.29, 1.82) is 0 Å². The minimum absolute atomic E-state index is 0.0479. The van der Waals surface area contributed by atoms with Crippen LogP contribution < -0.4 is 4.74 Å². The number of aliphatic hydroxyl groups is 4. The predicted octanol–water partition coefficient (Wildman–Crippen LogP) is -1.49. The van der Waals surface area contributed by atoms with E-state index in [9.17, 15) is 44.4 Å². The Morgan fingerprint density at radius 2 is 1.76 bits per heavy atom. The highest BCUT2D eigenvalue weighted by Crippen LogP contribution is 2.64. The van der Waals surface area contributed by atoms with E-state index in [1.807, 2.05) is 13.1 Å². The number of hydrogen-bond acceptors (Lipinski definition) is 14. The van der Waals surface area contributed by atoms with Gasteiger partial charge in [-0.1, -0.05) is 12.1 Å². The molecule has 1 saturated heterocycles. The van der Waals surface area contributed by atoms with E-state index in [1.54, 1.807) is 6.07 Å². The Morgan fingerprint density at radius 1 is 1.07 bits per heavy atom. The summed E-state index contributed by atoms with van der Waals surface area (Å²) in [6.45, 7) is 1.28. The molecule has 2 bridgehead atoms. The van der Waals surface area contributed by atoms with Gasteiger partial charge in [0.05, 0.1) is 24.0 Å². The molecule has 0 saturated carbocycles. The standard InChI is InChI=1S/C30H35NO15/c1-13(26(39)45-17(25(37)38)11-19(33)34)43-27(40)21(35)22(36)28(41)44-16-6-8-30(42)18-10-14-4-5-15(12-32)23-20(14)29(30,24(16)46-23)7-3-9-31(18)2/h4-6,13,17-18,21-22,24,32,35-36,42H,3,7-12H2,1-2H3,(H,33,34)(H,37,38)/t13-,17-,18+,21+,22+,24-,29-,30+/m0/s1. The molecule has 0 amide bonds. The van der Waals surface area contributed by atoms with Crippen LogP contribution in [0.1, 0.15) is 49.3 Å². The number of carboxylic acid groups (broad SMARTS) is 2. The number of likely N-dealkylation sites (N-methyl/N-ethyl adjacent to an activating group) is 1. The van der Waals surface area contributed by atoms with Gasteiger partial charge in [-0.15, -0.1) is 0 Å². The number of nitrogens with zero attached hydrogens (tertiary/aromatic N) is 1. The molecule has 1 aromatic carbocycles. The molecule has 1 spiro atoms. The zero-order chi connectivity index (χ0) is 33.7. The fourth-order valence-corrected chi connectivity index (χ4v) is 7.19. The lowest BCUT2D eigenvalue weighted by atomic mass is 9.52. The second-order valence-corrected chi connectivity index (χ2v) is 12.0. The third kappa shape index (κ3) is 5.29. The maximum absolute atomic E-state index is 13.1. The summed E-state index contributed by atoms with van der Waals surface area (Å²) in [5, 5.41) is 61.1. The van der Waals surface area contributed by atoms with Crippen LogP contribution in [0, 0.1) is 0 Å². The van der Waals surface area contributed by atoms with Gasteiger partial charge in [0, 0.05) is 23.6 Å². The smallest absolute Gasteiger partial charge is 0.348 e. The zero-order valence-corrected chi connectivity index (χ0v) is 25.0. The number of ether oxygens (including phenoxy) is 4. The molecule has 16 heteroatoms. The quantitative estimate of drug-likeness (QED) is 0.118. The Kier molecular flexibility index (Phi) is 8.87. The summed E-state index contributed by atoms with van der Waals surface area (Å²) in [5.74, 6) is -7.61. The molecule has 2 heterocycles. The largest absolute Gasteiger partial charge is 0.481 e. The Morgan fingerprint density at radius 3 is 2.41 bits per heavy atom. The molecule has 5 rings (SSSR count). The molecule has 6 N–H and O–H groups in total. The number of carbonyl (C=O) groups is 5. The topological polar surface area (TPSA) is 247 Å². The first-order valence-electron chi connectivity index (χ1n) is 14.6. The highest BCUT2D eigenvalue weighted by atomic mass is 16.6. The van der Waals surface area contributed by atoms with Crippen LogP contribution in [-0.2, 0) is 56.6 Å². The van der Waals surface area contributed by atoms with Crippen molar-refractivity contribution < 1.29 is 73.6 Å². The molecule has 46 heavy (non-hydrogen) atoms. The van der Waals surface area contributed by atoms with Crippen molar-refractivity contribution in [2.24, 2.45) is 0 Å². The van der Waals surface area contributed by atoms with Crippen molar-refractivity contribution in [3.8, 4) is 5.75 Å². The number of aliphatic carboxylic acids is 2. The summed E-state index contributed by atoms with van der Waals surface area (Å²) >= 11 is 0. The fraction of sp³-hybridized carbons (Fsp3) is 0.567. The van der Waals surface area contributed by atoms with Gasteiger partial charge in [-0.25, -0.2) is 19.2 Å². The van der Waals surface area contributed by atoms with Crippen molar-refractivity contribution in [3.05, 3.63) is 40.7 Å². The molecule has 0 radical (unpaired) electrons. The van der Waals surface area contributed by atoms with Crippen molar-refractivity contribution in [3.63, 3.8) is 0 Å². The average molecular weight is 650 g/mol. The number of aliphatic hydroxyl groups excluding tert-OH is 3. The average Bonchev–Trinajstić information content (AvgIpc) is 3.34. The molecular weight excluding hydrogens is 614 g/mol. The Balaban J connectivity index is 1.32. The van der Waals surface area contributed by atoms with Crippen molar-refractivity contribution >= 4 is 29.8 Å². The second kappa shape index (κ2) is 12.3. The van der Waals surface area contributed by atoms with E-state index in [2.05, 4.69) is 9.64 Å². The van der Waals surface area contributed by atoms with E-state index in [0.717, 1.165) is 18.1 Å². The zero-order valence-electron chi connectivity index (χ0n) is 25.0. The van der Waals surface area contributed by atoms with Crippen molar-refractivity contribution in [2.75, 3.05) is 13.6 Å². The summed E-state index contributed by atoms with van der Waals surface area (Å²) in [7, 11) is 1.93. The Bertz CT molecular complexity index is 1490. The number of hydrogen-bond donors (Lipinski definition) is 6. The summed E-state index contributed by atoms with van der Waals surface area (Å²) in [5.41, 5.74) is -0.280. The molecule has 2 aliphatic carbocycles. The molecule has 250 valence electrons. The molecular formula is C30H35NO15. The number of esters is 3. The molecule has 1 aromatic rings. The lowest BCUT2D eigenvalue weighted by Gasteiger charge is -2.56. The minimum atomic E-state index is -2.56. The van der Waals surface area contributed by atoms with Crippen LogP contribution in [0.2, 0.25) is 0 Å². The molecule has 16 nitrogen and oxygen atoms in total. The molecule has 8 atom stereocenters. The van der Waals surface area contributed by atoms with Crippen LogP contribution in [0.3, 0.4) is 0 Å².